The van der Waals surface area contributed by atoms with E-state index in [1.54, 1.807) is 20.8 Å². The minimum Gasteiger partial charge on any atom is -0.444 e. The van der Waals surface area contributed by atoms with Crippen LogP contribution in [0.3, 0.4) is 0 Å². The Morgan fingerprint density at radius 1 is 1.23 bits per heavy atom. The lowest BCUT2D eigenvalue weighted by molar-refractivity contribution is -0.118. The Labute approximate surface area is 193 Å². The summed E-state index contributed by atoms with van der Waals surface area (Å²) in [6.07, 6.45) is 1.36. The van der Waals surface area contributed by atoms with Crippen molar-refractivity contribution < 1.29 is 14.3 Å². The van der Waals surface area contributed by atoms with Crippen LogP contribution in [0, 0.1) is 12.5 Å². The summed E-state index contributed by atoms with van der Waals surface area (Å²) in [7, 11) is 0. The summed E-state index contributed by atoms with van der Waals surface area (Å²) >= 11 is 3.45. The Kier molecular flexibility index (Phi) is 9.68. The molecule has 9 heteroatoms. The van der Waals surface area contributed by atoms with E-state index in [1.807, 2.05) is 45.9 Å². The van der Waals surface area contributed by atoms with Crippen molar-refractivity contribution >= 4 is 27.9 Å². The van der Waals surface area contributed by atoms with Gasteiger partial charge in [0.1, 0.15) is 5.60 Å². The fourth-order valence-corrected chi connectivity index (χ4v) is 3.11. The monoisotopic (exact) mass is 495 g/mol. The van der Waals surface area contributed by atoms with Crippen molar-refractivity contribution in [2.24, 2.45) is 5.11 Å². The number of alkyl carbamates (subject to hydrolysis) is 1. The average Bonchev–Trinajstić information content (AvgIpc) is 2.59. The number of rotatable bonds is 8. The zero-order valence-electron chi connectivity index (χ0n) is 19.4. The van der Waals surface area contributed by atoms with Crippen molar-refractivity contribution in [2.75, 3.05) is 6.54 Å². The number of halogens is 1. The normalized spacial score (nSPS) is 13.2. The fourth-order valence-electron chi connectivity index (χ4n) is 2.63. The van der Waals surface area contributed by atoms with Crippen LogP contribution in [0.5, 0.6) is 0 Å². The van der Waals surface area contributed by atoms with Crippen molar-refractivity contribution in [2.45, 2.75) is 72.1 Å². The number of nitrogens with zero attached hydrogens (tertiary/aromatic N) is 1. The molecule has 0 aromatic heterocycles. The summed E-state index contributed by atoms with van der Waals surface area (Å²) in [4.78, 5) is 24.7. The molecule has 0 aliphatic carbocycles. The van der Waals surface area contributed by atoms with E-state index in [4.69, 9.17) is 10.3 Å². The lowest BCUT2D eigenvalue weighted by atomic mass is 9.98. The smallest absolute Gasteiger partial charge is 0.407 e. The van der Waals surface area contributed by atoms with Gasteiger partial charge in [0.15, 0.2) is 5.70 Å². The Bertz CT molecular complexity index is 825. The van der Waals surface area contributed by atoms with Crippen molar-refractivity contribution in [1.82, 2.24) is 16.0 Å². The summed E-state index contributed by atoms with van der Waals surface area (Å²) < 4.78 is 6.20. The molecule has 31 heavy (non-hydrogen) atoms. The number of hydrogen-bond acceptors (Lipinski definition) is 6. The van der Waals surface area contributed by atoms with Crippen LogP contribution in [0.25, 0.3) is 0 Å². The van der Waals surface area contributed by atoms with E-state index >= 15 is 0 Å². The molecule has 172 valence electrons. The molecular weight excluding hydrogens is 462 g/mol. The predicted molar refractivity (Wildman–Crippen MR) is 125 cm³/mol. The summed E-state index contributed by atoms with van der Waals surface area (Å²) in [5.74, 6) is -0.476. The lowest BCUT2D eigenvalue weighted by Crippen LogP contribution is -2.37. The topological polar surface area (TPSA) is 116 Å². The van der Waals surface area contributed by atoms with Crippen LogP contribution in [0.1, 0.15) is 65.1 Å². The summed E-state index contributed by atoms with van der Waals surface area (Å²) in [5.41, 5.74) is 8.38. The minimum atomic E-state index is -0.588. The van der Waals surface area contributed by atoms with Gasteiger partial charge in [-0.3, -0.25) is 4.79 Å². The van der Waals surface area contributed by atoms with Gasteiger partial charge in [-0.05, 0) is 78.1 Å². The zero-order valence-corrected chi connectivity index (χ0v) is 20.9. The van der Waals surface area contributed by atoms with Crippen LogP contribution in [0.4, 0.5) is 4.79 Å². The van der Waals surface area contributed by atoms with Gasteiger partial charge in [0.25, 0.3) is 5.91 Å². The Balaban J connectivity index is 2.99. The van der Waals surface area contributed by atoms with Crippen molar-refractivity contribution in [1.29, 1.82) is 5.53 Å². The third kappa shape index (κ3) is 10.4. The molecule has 1 aromatic rings. The average molecular weight is 496 g/mol. The van der Waals surface area contributed by atoms with Crippen LogP contribution in [-0.4, -0.2) is 29.7 Å². The number of ether oxygens (including phenoxy) is 1. The van der Waals surface area contributed by atoms with Crippen molar-refractivity contribution in [3.05, 3.63) is 45.7 Å². The summed E-state index contributed by atoms with van der Waals surface area (Å²) in [5, 5.41) is 12.1. The van der Waals surface area contributed by atoms with E-state index in [0.717, 1.165) is 15.6 Å². The number of benzene rings is 1. The zero-order chi connectivity index (χ0) is 23.8. The second-order valence-corrected chi connectivity index (χ2v) is 10.2. The third-order valence-corrected chi connectivity index (χ3v) is 4.50. The number of nitrogens with one attached hydrogen (secondary N) is 4. The van der Waals surface area contributed by atoms with Gasteiger partial charge in [-0.2, -0.15) is 5.11 Å². The van der Waals surface area contributed by atoms with Gasteiger partial charge >= 0.3 is 6.09 Å². The van der Waals surface area contributed by atoms with Crippen LogP contribution in [0.15, 0.2) is 39.7 Å². The maximum absolute atomic E-state index is 12.8. The molecule has 0 spiro atoms. The van der Waals surface area contributed by atoms with E-state index in [0.29, 0.717) is 13.0 Å². The molecule has 1 rings (SSSR count). The third-order valence-electron chi connectivity index (χ3n) is 4.01. The second-order valence-electron chi connectivity index (χ2n) is 9.28. The summed E-state index contributed by atoms with van der Waals surface area (Å²) in [6.45, 7) is 13.5. The molecule has 0 radical (unpaired) electrons. The van der Waals surface area contributed by atoms with Gasteiger partial charge in [-0.15, -0.1) is 0 Å². The van der Waals surface area contributed by atoms with E-state index in [2.05, 4.69) is 37.0 Å². The maximum atomic E-state index is 12.8. The van der Waals surface area contributed by atoms with Gasteiger partial charge < -0.3 is 20.7 Å². The molecular formula is C22H34BrN5O3. The van der Waals surface area contributed by atoms with Crippen LogP contribution in [0.2, 0.25) is 0 Å². The first kappa shape index (κ1) is 26.6. The van der Waals surface area contributed by atoms with Gasteiger partial charge in [0.2, 0.25) is 0 Å². The number of hydrogen-bond donors (Lipinski definition) is 4. The molecule has 1 unspecified atom stereocenters. The highest BCUT2D eigenvalue weighted by atomic mass is 79.9. The fraction of sp³-hybridized carbons (Fsp3) is 0.545. The largest absolute Gasteiger partial charge is 0.444 e. The SMILES string of the molecule is Cc1cc(Br)ccc1C(CCNC(=O)OC(C)(C)C)NC(=O)/C(=C/NC(C)(C)C)N=N. The first-order chi connectivity index (χ1) is 14.2. The number of carbonyl (C=O) groups is 2. The highest BCUT2D eigenvalue weighted by Crippen LogP contribution is 2.24. The molecule has 1 atom stereocenters. The standard InChI is InChI=1S/C22H34BrN5O3/c1-14-12-15(23)8-9-16(14)17(10-11-25-20(30)31-22(5,6)7)27-19(29)18(28-24)13-26-21(2,3)4/h8-9,12-13,17,24,26H,10-11H2,1-7H3,(H,25,30)(H,27,29)/b18-13-,28-24?. The first-order valence-electron chi connectivity index (χ1n) is 10.1. The molecule has 4 N–H and O–H groups in total. The molecule has 0 aliphatic heterocycles. The highest BCUT2D eigenvalue weighted by molar-refractivity contribution is 9.10. The lowest BCUT2D eigenvalue weighted by Gasteiger charge is -2.23. The van der Waals surface area contributed by atoms with Crippen molar-refractivity contribution in [3.63, 3.8) is 0 Å². The number of carbonyl (C=O) groups excluding carboxylic acids is 2. The molecule has 0 aliphatic rings. The summed E-state index contributed by atoms with van der Waals surface area (Å²) in [6, 6.07) is 5.39. The maximum Gasteiger partial charge on any atom is 0.407 e. The van der Waals surface area contributed by atoms with Crippen LogP contribution in [-0.2, 0) is 9.53 Å². The Morgan fingerprint density at radius 2 is 1.87 bits per heavy atom. The molecule has 0 fully saturated rings. The Hall–Kier alpha value is -2.42. The first-order valence-corrected chi connectivity index (χ1v) is 10.9. The quantitative estimate of drug-likeness (QED) is 0.296. The number of aryl methyl sites for hydroxylation is 1. The van der Waals surface area contributed by atoms with E-state index in [9.17, 15) is 9.59 Å². The van der Waals surface area contributed by atoms with Gasteiger partial charge in [-0.25, -0.2) is 10.3 Å². The second kappa shape index (κ2) is 11.3. The molecule has 2 amide bonds. The Morgan fingerprint density at radius 3 is 2.39 bits per heavy atom. The van der Waals surface area contributed by atoms with Crippen LogP contribution < -0.4 is 16.0 Å². The van der Waals surface area contributed by atoms with E-state index in [-0.39, 0.29) is 11.2 Å². The molecule has 0 saturated carbocycles. The molecule has 8 nitrogen and oxygen atoms in total. The number of amides is 2. The minimum absolute atomic E-state index is 0.0326. The molecule has 0 bridgehead atoms. The van der Waals surface area contributed by atoms with E-state index in [1.165, 1.54) is 6.20 Å². The van der Waals surface area contributed by atoms with Gasteiger partial charge in [-0.1, -0.05) is 22.0 Å². The van der Waals surface area contributed by atoms with E-state index < -0.39 is 23.6 Å². The predicted octanol–water partition coefficient (Wildman–Crippen LogP) is 5.09. The molecule has 1 aromatic carbocycles. The van der Waals surface area contributed by atoms with Gasteiger partial charge in [0, 0.05) is 22.8 Å². The van der Waals surface area contributed by atoms with Crippen LogP contribution >= 0.6 is 15.9 Å². The van der Waals surface area contributed by atoms with Crippen molar-refractivity contribution in [3.8, 4) is 0 Å². The molecule has 0 heterocycles. The highest BCUT2D eigenvalue weighted by Gasteiger charge is 2.21. The van der Waals surface area contributed by atoms with Gasteiger partial charge in [0.05, 0.1) is 6.04 Å². The molecule has 0 saturated heterocycles.